The number of nitrogens with zero attached hydrogens (tertiary/aromatic N) is 8. The Kier molecular flexibility index (Phi) is 14.0. The first-order chi connectivity index (χ1) is 28.1. The quantitative estimate of drug-likeness (QED) is 0.0986. The maximum absolute atomic E-state index is 12.4. The van der Waals surface area contributed by atoms with E-state index in [-0.39, 0.29) is 66.4 Å². The number of aliphatic hydroxyl groups excluding tert-OH is 1. The summed E-state index contributed by atoms with van der Waals surface area (Å²) in [6.07, 6.45) is -2.26. The lowest BCUT2D eigenvalue weighted by Crippen LogP contribution is -2.26. The van der Waals surface area contributed by atoms with Crippen molar-refractivity contribution >= 4 is 33.6 Å². The van der Waals surface area contributed by atoms with Crippen LogP contribution in [0.2, 0.25) is 0 Å². The molecule has 0 fully saturated rings. The predicted molar refractivity (Wildman–Crippen MR) is 195 cm³/mol. The van der Waals surface area contributed by atoms with Crippen molar-refractivity contribution in [3.63, 3.8) is 0 Å². The normalized spacial score (nSPS) is 11.5. The standard InChI is InChI=1S/C19H20F3N5O4.C17H16F3N5O3/c1-30-18-12(3-4-15(25-18)31-11-19(20,21)22)9-27-10-13-14(26-27)5-7-23-16(13)17(29)24-6-2-8-28;1-21-15(26)14-11-8-25(24-12(11)5-6-22-14)7-10-3-4-13(23-16(10)27-2)28-9-17(18,19)20/h3-5,7,10,28H,2,6,8-9,11H2,1H3,(H,24,29);3-6,8H,7,9H2,1-2H3,(H,21,26). The second-order valence-corrected chi connectivity index (χ2v) is 12.2. The fourth-order valence-corrected chi connectivity index (χ4v) is 5.31. The van der Waals surface area contributed by atoms with Crippen LogP contribution in [-0.4, -0.2) is 116 Å². The zero-order valence-corrected chi connectivity index (χ0v) is 31.5. The molecule has 2 amide bonds. The molecule has 0 unspecified atom stereocenters. The summed E-state index contributed by atoms with van der Waals surface area (Å²) in [6, 6.07) is 9.03. The SMILES string of the molecule is CNC(=O)c1nccc2nn(Cc3ccc(OCC(F)(F)F)nc3OC)cc12.COc1nc(OCC(F)(F)F)ccc1Cn1cc2c(C(=O)NCCCO)nccc2n1. The van der Waals surface area contributed by atoms with Crippen LogP contribution in [0.25, 0.3) is 21.8 Å². The summed E-state index contributed by atoms with van der Waals surface area (Å²) in [7, 11) is 4.20. The maximum atomic E-state index is 12.4. The number of carbonyl (C=O) groups is 2. The first kappa shape index (κ1) is 43.3. The highest BCUT2D eigenvalue weighted by Crippen LogP contribution is 2.26. The molecule has 23 heteroatoms. The van der Waals surface area contributed by atoms with Crippen LogP contribution in [0.1, 0.15) is 38.5 Å². The molecule has 0 atom stereocenters. The van der Waals surface area contributed by atoms with E-state index in [1.54, 1.807) is 40.0 Å². The molecule has 6 rings (SSSR count). The fourth-order valence-electron chi connectivity index (χ4n) is 5.31. The Morgan fingerprint density at radius 1 is 0.712 bits per heavy atom. The molecule has 0 bridgehead atoms. The van der Waals surface area contributed by atoms with E-state index in [1.807, 2.05) is 0 Å². The van der Waals surface area contributed by atoms with Crippen LogP contribution in [0.5, 0.6) is 23.5 Å². The van der Waals surface area contributed by atoms with Gasteiger partial charge in [0.05, 0.1) is 49.1 Å². The molecule has 314 valence electrons. The van der Waals surface area contributed by atoms with Crippen LogP contribution in [0.3, 0.4) is 0 Å². The second kappa shape index (κ2) is 19.1. The van der Waals surface area contributed by atoms with Crippen molar-refractivity contribution in [2.45, 2.75) is 31.9 Å². The van der Waals surface area contributed by atoms with E-state index >= 15 is 0 Å². The Hall–Kier alpha value is -6.78. The lowest BCUT2D eigenvalue weighted by atomic mass is 10.2. The van der Waals surface area contributed by atoms with Gasteiger partial charge >= 0.3 is 12.4 Å². The van der Waals surface area contributed by atoms with Gasteiger partial charge in [-0.25, -0.2) is 0 Å². The third kappa shape index (κ3) is 11.9. The van der Waals surface area contributed by atoms with Crippen molar-refractivity contribution in [1.82, 2.24) is 50.1 Å². The van der Waals surface area contributed by atoms with E-state index in [9.17, 15) is 35.9 Å². The molecular weight excluding hydrogens is 798 g/mol. The highest BCUT2D eigenvalue weighted by atomic mass is 19.4. The Morgan fingerprint density at radius 3 is 1.58 bits per heavy atom. The minimum atomic E-state index is -4.47. The van der Waals surface area contributed by atoms with Crippen molar-refractivity contribution in [3.05, 3.63) is 83.7 Å². The highest BCUT2D eigenvalue weighted by Gasteiger charge is 2.30. The number of fused-ring (bicyclic) bond motifs is 2. The number of halogens is 6. The Morgan fingerprint density at radius 2 is 1.17 bits per heavy atom. The molecule has 0 aliphatic heterocycles. The number of aromatic nitrogens is 8. The van der Waals surface area contributed by atoms with Crippen molar-refractivity contribution in [2.75, 3.05) is 47.6 Å². The van der Waals surface area contributed by atoms with Gasteiger partial charge in [0.15, 0.2) is 13.2 Å². The number of carbonyl (C=O) groups excluding carboxylic acids is 2. The molecular formula is C36H36F6N10O7. The molecule has 0 aliphatic rings. The molecule has 0 saturated carbocycles. The zero-order chi connectivity index (χ0) is 42.7. The van der Waals surface area contributed by atoms with Crippen molar-refractivity contribution in [2.24, 2.45) is 0 Å². The summed E-state index contributed by atoms with van der Waals surface area (Å²) in [5.74, 6) is -0.924. The summed E-state index contributed by atoms with van der Waals surface area (Å²) in [6.45, 7) is -2.21. The van der Waals surface area contributed by atoms with E-state index in [2.05, 4.69) is 50.2 Å². The summed E-state index contributed by atoms with van der Waals surface area (Å²) < 4.78 is 96.5. The van der Waals surface area contributed by atoms with E-state index in [1.165, 1.54) is 51.9 Å². The molecule has 3 N–H and O–H groups in total. The van der Waals surface area contributed by atoms with Crippen molar-refractivity contribution in [3.8, 4) is 23.5 Å². The highest BCUT2D eigenvalue weighted by molar-refractivity contribution is 6.04. The first-order valence-corrected chi connectivity index (χ1v) is 17.3. The summed E-state index contributed by atoms with van der Waals surface area (Å²) in [5, 5.41) is 23.9. The number of methoxy groups -OCH3 is 2. The van der Waals surface area contributed by atoms with Crippen LogP contribution in [0, 0.1) is 0 Å². The van der Waals surface area contributed by atoms with Gasteiger partial charge in [0, 0.05) is 68.2 Å². The van der Waals surface area contributed by atoms with Crippen molar-refractivity contribution in [1.29, 1.82) is 0 Å². The molecule has 17 nitrogen and oxygen atoms in total. The maximum Gasteiger partial charge on any atom is 0.422 e. The molecule has 6 heterocycles. The Labute approximate surface area is 330 Å². The van der Waals surface area contributed by atoms with Crippen LogP contribution in [0.4, 0.5) is 26.3 Å². The molecule has 6 aromatic rings. The molecule has 0 aliphatic carbocycles. The van der Waals surface area contributed by atoms with E-state index in [0.717, 1.165) is 0 Å². The van der Waals surface area contributed by atoms with Gasteiger partial charge in [0.2, 0.25) is 23.5 Å². The molecule has 0 radical (unpaired) electrons. The summed E-state index contributed by atoms with van der Waals surface area (Å²) in [4.78, 5) is 40.4. The fraction of sp³-hybridized carbons (Fsp3) is 0.333. The number of aliphatic hydroxyl groups is 1. The van der Waals surface area contributed by atoms with Gasteiger partial charge in [-0.05, 0) is 30.7 Å². The third-order valence-electron chi connectivity index (χ3n) is 7.89. The number of alkyl halides is 6. The Bertz CT molecular complexity index is 2390. The van der Waals surface area contributed by atoms with Gasteiger partial charge in [-0.15, -0.1) is 0 Å². The number of hydrogen-bond donors (Lipinski definition) is 3. The van der Waals surface area contributed by atoms with Gasteiger partial charge < -0.3 is 34.7 Å². The predicted octanol–water partition coefficient (Wildman–Crippen LogP) is 4.12. The minimum Gasteiger partial charge on any atom is -0.481 e. The smallest absolute Gasteiger partial charge is 0.422 e. The number of nitrogens with one attached hydrogen (secondary N) is 2. The van der Waals surface area contributed by atoms with Crippen molar-refractivity contribution < 1.29 is 60.0 Å². The van der Waals surface area contributed by atoms with Gasteiger partial charge in [-0.2, -0.15) is 46.5 Å². The third-order valence-corrected chi connectivity index (χ3v) is 7.89. The second-order valence-electron chi connectivity index (χ2n) is 12.2. The average Bonchev–Trinajstić information content (AvgIpc) is 3.82. The van der Waals surface area contributed by atoms with Crippen LogP contribution < -0.4 is 29.6 Å². The minimum absolute atomic E-state index is 0.0360. The molecule has 0 spiro atoms. The zero-order valence-electron chi connectivity index (χ0n) is 31.5. The first-order valence-electron chi connectivity index (χ1n) is 17.3. The average molecular weight is 835 g/mol. The molecule has 6 aromatic heterocycles. The molecule has 0 aromatic carbocycles. The van der Waals surface area contributed by atoms with Crippen LogP contribution >= 0.6 is 0 Å². The van der Waals surface area contributed by atoms with E-state index < -0.39 is 25.6 Å². The summed E-state index contributed by atoms with van der Waals surface area (Å²) in [5.41, 5.74) is 2.68. The van der Waals surface area contributed by atoms with E-state index in [0.29, 0.717) is 45.9 Å². The number of hydrogen-bond acceptors (Lipinski definition) is 13. The number of ether oxygens (including phenoxy) is 4. The van der Waals surface area contributed by atoms with Gasteiger partial charge in [0.25, 0.3) is 11.8 Å². The Balaban J connectivity index is 0.000000225. The van der Waals surface area contributed by atoms with Gasteiger partial charge in [-0.1, -0.05) is 0 Å². The topological polar surface area (TPSA) is 203 Å². The molecule has 59 heavy (non-hydrogen) atoms. The summed E-state index contributed by atoms with van der Waals surface area (Å²) >= 11 is 0. The lowest BCUT2D eigenvalue weighted by molar-refractivity contribution is -0.154. The van der Waals surface area contributed by atoms with Crippen LogP contribution in [-0.2, 0) is 13.1 Å². The number of rotatable bonds is 15. The largest absolute Gasteiger partial charge is 0.481 e. The lowest BCUT2D eigenvalue weighted by Gasteiger charge is -2.11. The number of pyridine rings is 4. The van der Waals surface area contributed by atoms with E-state index in [4.69, 9.17) is 14.6 Å². The van der Waals surface area contributed by atoms with Gasteiger partial charge in [0.1, 0.15) is 11.4 Å². The number of amides is 2. The monoisotopic (exact) mass is 834 g/mol. The van der Waals surface area contributed by atoms with Crippen LogP contribution in [0.15, 0.2) is 61.2 Å². The molecule has 0 saturated heterocycles. The van der Waals surface area contributed by atoms with Gasteiger partial charge in [-0.3, -0.25) is 28.9 Å².